The highest BCUT2D eigenvalue weighted by Gasteiger charge is 2.18. The van der Waals surface area contributed by atoms with E-state index in [9.17, 15) is 19.8 Å². The van der Waals surface area contributed by atoms with Gasteiger partial charge in [-0.25, -0.2) is 0 Å². The van der Waals surface area contributed by atoms with Gasteiger partial charge in [0.25, 0.3) is 11.7 Å². The van der Waals surface area contributed by atoms with Gasteiger partial charge in [-0.05, 0) is 49.2 Å². The summed E-state index contributed by atoms with van der Waals surface area (Å²) in [5.41, 5.74) is 1.84. The van der Waals surface area contributed by atoms with E-state index in [1.807, 2.05) is 6.92 Å². The number of hydrogen-bond donors (Lipinski definition) is 4. The number of phenols is 1. The fraction of sp³-hybridized carbons (Fsp3) is 0.348. The number of aromatic nitrogens is 4. The lowest BCUT2D eigenvalue weighted by Gasteiger charge is -2.18. The zero-order valence-corrected chi connectivity index (χ0v) is 20.2. The summed E-state index contributed by atoms with van der Waals surface area (Å²) in [5, 5.41) is 36.6. The molecule has 0 saturated heterocycles. The van der Waals surface area contributed by atoms with Crippen LogP contribution in [0.5, 0.6) is 17.2 Å². The Morgan fingerprint density at radius 2 is 1.91 bits per heavy atom. The first-order chi connectivity index (χ1) is 16.7. The number of halogens is 1. The number of aliphatic hydroxyl groups is 1. The first-order valence-electron chi connectivity index (χ1n) is 10.9. The normalized spacial score (nSPS) is 11.7. The molecule has 0 radical (unpaired) electrons. The number of hydrogen-bond acceptors (Lipinski definition) is 9. The Balaban J connectivity index is 1.64. The first-order valence-corrected chi connectivity index (χ1v) is 11.2. The number of carbonyl (C=O) groups is 2. The second kappa shape index (κ2) is 11.6. The zero-order chi connectivity index (χ0) is 25.5. The topological polar surface area (TPSA) is 160 Å². The minimum atomic E-state index is -1.03. The lowest BCUT2D eigenvalue weighted by molar-refractivity contribution is 0.0622. The molecule has 0 bridgehead atoms. The van der Waals surface area contributed by atoms with Crippen LogP contribution in [0.15, 0.2) is 24.3 Å². The predicted molar refractivity (Wildman–Crippen MR) is 127 cm³/mol. The van der Waals surface area contributed by atoms with Crippen LogP contribution < -0.4 is 14.8 Å². The van der Waals surface area contributed by atoms with E-state index in [-0.39, 0.29) is 41.9 Å². The molecule has 0 aliphatic heterocycles. The molecule has 0 fully saturated rings. The van der Waals surface area contributed by atoms with Crippen molar-refractivity contribution in [2.75, 3.05) is 18.5 Å². The molecule has 1 heterocycles. The summed E-state index contributed by atoms with van der Waals surface area (Å²) in [4.78, 5) is 23.9. The second-order valence-electron chi connectivity index (χ2n) is 7.81. The molecular weight excluding hydrogens is 478 g/mol. The van der Waals surface area contributed by atoms with Crippen molar-refractivity contribution in [2.45, 2.75) is 39.7 Å². The highest BCUT2D eigenvalue weighted by atomic mass is 35.5. The van der Waals surface area contributed by atoms with Crippen molar-refractivity contribution >= 4 is 29.0 Å². The van der Waals surface area contributed by atoms with Crippen LogP contribution in [0.1, 0.15) is 52.4 Å². The number of ether oxygens (including phenoxy) is 2. The average Bonchev–Trinajstić information content (AvgIpc) is 3.35. The van der Waals surface area contributed by atoms with E-state index in [2.05, 4.69) is 25.9 Å². The van der Waals surface area contributed by atoms with Crippen molar-refractivity contribution in [1.29, 1.82) is 0 Å². The number of rotatable bonds is 11. The zero-order valence-electron chi connectivity index (χ0n) is 19.5. The van der Waals surface area contributed by atoms with Gasteiger partial charge in [-0.3, -0.25) is 9.59 Å². The van der Waals surface area contributed by atoms with Crippen molar-refractivity contribution in [2.24, 2.45) is 0 Å². The van der Waals surface area contributed by atoms with Gasteiger partial charge in [0, 0.05) is 17.3 Å². The minimum absolute atomic E-state index is 0.107. The number of benzene rings is 2. The summed E-state index contributed by atoms with van der Waals surface area (Å²) in [6.45, 7) is 4.80. The Morgan fingerprint density at radius 1 is 1.20 bits per heavy atom. The number of H-pyrrole nitrogens is 1. The summed E-state index contributed by atoms with van der Waals surface area (Å²) < 4.78 is 11.4. The molecule has 1 atom stereocenters. The summed E-state index contributed by atoms with van der Waals surface area (Å²) in [7, 11) is 0. The molecule has 3 aromatic rings. The second-order valence-corrected chi connectivity index (χ2v) is 8.21. The van der Waals surface area contributed by atoms with Crippen LogP contribution >= 0.6 is 11.6 Å². The van der Waals surface area contributed by atoms with Crippen molar-refractivity contribution in [3.05, 3.63) is 51.8 Å². The molecule has 0 spiro atoms. The number of phenolic OH excluding ortho intramolecular Hbond substituents is 1. The number of aromatic hydroxyl groups is 1. The molecule has 1 unspecified atom stereocenters. The van der Waals surface area contributed by atoms with Gasteiger partial charge in [-0.1, -0.05) is 24.9 Å². The Hall–Kier alpha value is -3.70. The number of aryl methyl sites for hydroxylation is 1. The number of ketones is 1. The van der Waals surface area contributed by atoms with Crippen LogP contribution in [0.3, 0.4) is 0 Å². The van der Waals surface area contributed by atoms with E-state index in [4.69, 9.17) is 21.1 Å². The maximum Gasteiger partial charge on any atom is 0.297 e. The molecule has 11 nitrogen and oxygen atoms in total. The number of anilines is 1. The van der Waals surface area contributed by atoms with E-state index in [1.54, 1.807) is 19.1 Å². The number of nitrogens with one attached hydrogen (secondary N) is 2. The van der Waals surface area contributed by atoms with Gasteiger partial charge in [0.2, 0.25) is 0 Å². The molecule has 4 N–H and O–H groups in total. The predicted octanol–water partition coefficient (Wildman–Crippen LogP) is 3.09. The highest BCUT2D eigenvalue weighted by molar-refractivity contribution is 6.32. The summed E-state index contributed by atoms with van der Waals surface area (Å²) in [6, 6.07) is 6.24. The van der Waals surface area contributed by atoms with Crippen LogP contribution in [0.25, 0.3) is 0 Å². The molecule has 0 aliphatic rings. The van der Waals surface area contributed by atoms with E-state index in [0.717, 1.165) is 6.42 Å². The van der Waals surface area contributed by atoms with E-state index >= 15 is 0 Å². The van der Waals surface area contributed by atoms with Crippen LogP contribution in [-0.4, -0.2) is 61.8 Å². The van der Waals surface area contributed by atoms with Gasteiger partial charge in [0.1, 0.15) is 36.6 Å². The molecule has 2 aromatic carbocycles. The van der Waals surface area contributed by atoms with E-state index in [1.165, 1.54) is 19.1 Å². The van der Waals surface area contributed by atoms with Crippen LogP contribution in [-0.2, 0) is 6.42 Å². The molecule has 0 saturated carbocycles. The smallest absolute Gasteiger partial charge is 0.297 e. The van der Waals surface area contributed by atoms with Gasteiger partial charge in [0.05, 0.1) is 10.6 Å². The molecule has 186 valence electrons. The highest BCUT2D eigenvalue weighted by Crippen LogP contribution is 2.34. The summed E-state index contributed by atoms with van der Waals surface area (Å²) in [5.74, 6) is -0.417. The average molecular weight is 504 g/mol. The third-order valence-corrected chi connectivity index (χ3v) is 5.35. The molecule has 3 rings (SSSR count). The fourth-order valence-electron chi connectivity index (χ4n) is 3.28. The molecular formula is C23H26ClN5O6. The minimum Gasteiger partial charge on any atom is -0.507 e. The number of tetrazole rings is 1. The van der Waals surface area contributed by atoms with Gasteiger partial charge in [-0.2, -0.15) is 5.21 Å². The lowest BCUT2D eigenvalue weighted by atomic mass is 10.0. The standard InChI is InChI=1S/C23H26ClN5O6/c1-4-5-16-19(7-6-15(13(3)30)21(16)32)34-10-14(31)11-35-20-9-18(12(2)8-17(20)24)25-23(33)22-26-28-29-27-22/h6-9,14,31-32H,4-5,10-11H2,1-3H3,(H,25,33)(H,26,27,28,29). The Morgan fingerprint density at radius 3 is 2.54 bits per heavy atom. The maximum atomic E-state index is 12.2. The van der Waals surface area contributed by atoms with E-state index < -0.39 is 12.0 Å². The molecule has 35 heavy (non-hydrogen) atoms. The SMILES string of the molecule is CCCc1c(OCC(O)COc2cc(NC(=O)c3nn[nH]n3)c(C)cc2Cl)ccc(C(C)=O)c1O. The third-order valence-electron chi connectivity index (χ3n) is 5.06. The maximum absolute atomic E-state index is 12.2. The van der Waals surface area contributed by atoms with Crippen molar-refractivity contribution < 1.29 is 29.3 Å². The van der Waals surface area contributed by atoms with Gasteiger partial charge >= 0.3 is 0 Å². The lowest BCUT2D eigenvalue weighted by Crippen LogP contribution is -2.25. The van der Waals surface area contributed by atoms with Gasteiger partial charge in [-0.15, -0.1) is 10.2 Å². The summed E-state index contributed by atoms with van der Waals surface area (Å²) >= 11 is 6.26. The number of aliphatic hydroxyl groups excluding tert-OH is 1. The first kappa shape index (κ1) is 25.9. The van der Waals surface area contributed by atoms with Crippen LogP contribution in [0.4, 0.5) is 5.69 Å². The van der Waals surface area contributed by atoms with Gasteiger partial charge < -0.3 is 25.0 Å². The van der Waals surface area contributed by atoms with Crippen molar-refractivity contribution in [1.82, 2.24) is 20.6 Å². The number of amides is 1. The number of aromatic amines is 1. The fourth-order valence-corrected chi connectivity index (χ4v) is 3.56. The van der Waals surface area contributed by atoms with Crippen molar-refractivity contribution in [3.63, 3.8) is 0 Å². The Labute approximate surface area is 206 Å². The molecule has 12 heteroatoms. The monoisotopic (exact) mass is 503 g/mol. The van der Waals surface area contributed by atoms with Crippen LogP contribution in [0, 0.1) is 6.92 Å². The number of carbonyl (C=O) groups excluding carboxylic acids is 2. The Kier molecular flexibility index (Phi) is 8.61. The molecule has 1 amide bonds. The van der Waals surface area contributed by atoms with Crippen molar-refractivity contribution in [3.8, 4) is 17.2 Å². The molecule has 0 aliphatic carbocycles. The Bertz CT molecular complexity index is 1200. The third kappa shape index (κ3) is 6.46. The molecule has 1 aromatic heterocycles. The number of Topliss-reactive ketones (excluding diaryl/α,β-unsaturated/α-hetero) is 1. The van der Waals surface area contributed by atoms with Gasteiger partial charge in [0.15, 0.2) is 5.78 Å². The largest absolute Gasteiger partial charge is 0.507 e. The summed E-state index contributed by atoms with van der Waals surface area (Å²) in [6.07, 6.45) is 0.203. The van der Waals surface area contributed by atoms with Crippen LogP contribution in [0.2, 0.25) is 5.02 Å². The van der Waals surface area contributed by atoms with E-state index in [0.29, 0.717) is 34.0 Å². The quantitative estimate of drug-likeness (QED) is 0.288. The number of nitrogens with zero attached hydrogens (tertiary/aromatic N) is 3.